The van der Waals surface area contributed by atoms with Crippen LogP contribution in [-0.4, -0.2) is 59.6 Å². The molecule has 208 valence electrons. The number of carbonyl (C=O) groups excluding carboxylic acids is 3. The molecule has 2 amide bonds. The monoisotopic (exact) mass is 583 g/mol. The number of ketones is 1. The van der Waals surface area contributed by atoms with Crippen LogP contribution in [0.3, 0.4) is 0 Å². The standard InChI is InChI=1S/C33H30ClN3O3S/c34-25-14-7-13-24(21-25)31(38)28-27(26-15-8-20-41-26)30(33(40)36-18-16-35-17-19-36)37(29(28)22-9-3-1-4-10-22)32(39)23-11-5-2-6-12-23/h1-15,20-21,27-30,35H,16-19H2. The molecule has 41 heavy (non-hydrogen) atoms. The molecule has 8 heteroatoms. The van der Waals surface area contributed by atoms with Gasteiger partial charge < -0.3 is 15.1 Å². The summed E-state index contributed by atoms with van der Waals surface area (Å²) >= 11 is 7.86. The Morgan fingerprint density at radius 3 is 2.15 bits per heavy atom. The van der Waals surface area contributed by atoms with Crippen molar-refractivity contribution in [1.29, 1.82) is 0 Å². The third-order valence-electron chi connectivity index (χ3n) is 8.03. The second-order valence-electron chi connectivity index (χ2n) is 10.4. The molecule has 2 aliphatic heterocycles. The van der Waals surface area contributed by atoms with Gasteiger partial charge in [-0.2, -0.15) is 0 Å². The van der Waals surface area contributed by atoms with E-state index in [2.05, 4.69) is 5.32 Å². The van der Waals surface area contributed by atoms with Gasteiger partial charge in [-0.15, -0.1) is 11.3 Å². The van der Waals surface area contributed by atoms with Crippen molar-refractivity contribution in [2.45, 2.75) is 18.0 Å². The number of rotatable bonds is 6. The largest absolute Gasteiger partial charge is 0.338 e. The summed E-state index contributed by atoms with van der Waals surface area (Å²) in [5.74, 6) is -1.78. The Bertz CT molecular complexity index is 1520. The molecular weight excluding hydrogens is 554 g/mol. The molecular formula is C33H30ClN3O3S. The summed E-state index contributed by atoms with van der Waals surface area (Å²) in [5, 5.41) is 5.73. The van der Waals surface area contributed by atoms with Gasteiger partial charge in [-0.25, -0.2) is 0 Å². The number of nitrogens with one attached hydrogen (secondary N) is 1. The third-order valence-corrected chi connectivity index (χ3v) is 9.24. The van der Waals surface area contributed by atoms with Crippen LogP contribution in [0, 0.1) is 5.92 Å². The minimum Gasteiger partial charge on any atom is -0.338 e. The number of carbonyl (C=O) groups is 3. The number of piperazine rings is 1. The second-order valence-corrected chi connectivity index (χ2v) is 11.8. The number of nitrogens with zero attached hydrogens (tertiary/aromatic N) is 2. The van der Waals surface area contributed by atoms with Crippen LogP contribution in [0.1, 0.15) is 43.1 Å². The van der Waals surface area contributed by atoms with Crippen molar-refractivity contribution >= 4 is 40.5 Å². The Morgan fingerprint density at radius 2 is 1.49 bits per heavy atom. The average molecular weight is 584 g/mol. The molecule has 1 N–H and O–H groups in total. The highest BCUT2D eigenvalue weighted by molar-refractivity contribution is 7.10. The molecule has 2 aliphatic rings. The fraction of sp³-hybridized carbons (Fsp3) is 0.242. The number of thiophene rings is 1. The molecule has 0 aliphatic carbocycles. The molecule has 0 bridgehead atoms. The maximum absolute atomic E-state index is 14.6. The molecule has 0 spiro atoms. The highest BCUT2D eigenvalue weighted by Crippen LogP contribution is 2.53. The SMILES string of the molecule is O=C(c1cccc(Cl)c1)C1C(c2cccs2)C(C(=O)N2CCNCC2)N(C(=O)c2ccccc2)C1c1ccccc1. The predicted molar refractivity (Wildman–Crippen MR) is 161 cm³/mol. The van der Waals surface area contributed by atoms with E-state index < -0.39 is 23.9 Å². The quantitative estimate of drug-likeness (QED) is 0.296. The summed E-state index contributed by atoms with van der Waals surface area (Å²) in [6, 6.07) is 28.0. The van der Waals surface area contributed by atoms with Crippen molar-refractivity contribution in [2.75, 3.05) is 26.2 Å². The lowest BCUT2D eigenvalue weighted by Crippen LogP contribution is -2.54. The molecule has 6 rings (SSSR count). The Morgan fingerprint density at radius 1 is 0.805 bits per heavy atom. The first-order chi connectivity index (χ1) is 20.0. The summed E-state index contributed by atoms with van der Waals surface area (Å²) in [4.78, 5) is 48.1. The number of hydrogen-bond acceptors (Lipinski definition) is 5. The van der Waals surface area contributed by atoms with Crippen molar-refractivity contribution in [3.8, 4) is 0 Å². The third kappa shape index (κ3) is 5.33. The van der Waals surface area contributed by atoms with E-state index in [4.69, 9.17) is 11.6 Å². The van der Waals surface area contributed by atoms with Gasteiger partial charge in [0.1, 0.15) is 6.04 Å². The van der Waals surface area contributed by atoms with Crippen molar-refractivity contribution in [1.82, 2.24) is 15.1 Å². The van der Waals surface area contributed by atoms with E-state index in [1.165, 1.54) is 11.3 Å². The van der Waals surface area contributed by atoms with E-state index >= 15 is 0 Å². The molecule has 4 unspecified atom stereocenters. The first kappa shape index (κ1) is 27.4. The Hall–Kier alpha value is -3.78. The number of likely N-dealkylation sites (tertiary alicyclic amines) is 1. The Kier molecular flexibility index (Phi) is 8.01. The number of amides is 2. The van der Waals surface area contributed by atoms with Crippen LogP contribution in [0.5, 0.6) is 0 Å². The number of halogens is 1. The summed E-state index contributed by atoms with van der Waals surface area (Å²) in [7, 11) is 0. The zero-order valence-electron chi connectivity index (χ0n) is 22.4. The van der Waals surface area contributed by atoms with Crippen molar-refractivity contribution in [3.05, 3.63) is 129 Å². The van der Waals surface area contributed by atoms with Crippen LogP contribution in [-0.2, 0) is 4.79 Å². The normalized spacial score (nSPS) is 22.5. The van der Waals surface area contributed by atoms with Gasteiger partial charge >= 0.3 is 0 Å². The Labute approximate surface area is 248 Å². The topological polar surface area (TPSA) is 69.7 Å². The van der Waals surface area contributed by atoms with Crippen molar-refractivity contribution < 1.29 is 14.4 Å². The molecule has 3 aromatic carbocycles. The average Bonchev–Trinajstić information content (AvgIpc) is 3.68. The van der Waals surface area contributed by atoms with Crippen LogP contribution < -0.4 is 5.32 Å². The lowest BCUT2D eigenvalue weighted by Gasteiger charge is -2.36. The van der Waals surface area contributed by atoms with Gasteiger partial charge in [-0.1, -0.05) is 78.3 Å². The molecule has 0 radical (unpaired) electrons. The van der Waals surface area contributed by atoms with Gasteiger partial charge in [0.25, 0.3) is 5.91 Å². The lowest BCUT2D eigenvalue weighted by atomic mass is 9.78. The molecule has 4 atom stereocenters. The van der Waals surface area contributed by atoms with Gasteiger partial charge in [0.05, 0.1) is 12.0 Å². The fourth-order valence-corrected chi connectivity index (χ4v) is 7.31. The minimum atomic E-state index is -0.863. The summed E-state index contributed by atoms with van der Waals surface area (Å²) in [6.07, 6.45) is 0. The van der Waals surface area contributed by atoms with E-state index in [1.807, 2.05) is 70.9 Å². The van der Waals surface area contributed by atoms with Gasteiger partial charge in [0, 0.05) is 53.1 Å². The smallest absolute Gasteiger partial charge is 0.255 e. The first-order valence-corrected chi connectivity index (χ1v) is 15.1. The van der Waals surface area contributed by atoms with E-state index in [9.17, 15) is 14.4 Å². The minimum absolute atomic E-state index is 0.128. The molecule has 1 aromatic heterocycles. The molecule has 3 heterocycles. The van der Waals surface area contributed by atoms with E-state index in [0.717, 1.165) is 10.4 Å². The van der Waals surface area contributed by atoms with E-state index in [1.54, 1.807) is 41.3 Å². The van der Waals surface area contributed by atoms with Gasteiger partial charge in [-0.05, 0) is 41.3 Å². The first-order valence-electron chi connectivity index (χ1n) is 13.8. The van der Waals surface area contributed by atoms with E-state index in [-0.39, 0.29) is 17.6 Å². The number of hydrogen-bond donors (Lipinski definition) is 1. The molecule has 6 nitrogen and oxygen atoms in total. The Balaban J connectivity index is 1.58. The van der Waals surface area contributed by atoms with Crippen LogP contribution in [0.2, 0.25) is 5.02 Å². The maximum atomic E-state index is 14.6. The molecule has 2 fully saturated rings. The number of benzene rings is 3. The van der Waals surface area contributed by atoms with Crippen molar-refractivity contribution in [2.24, 2.45) is 5.92 Å². The molecule has 0 saturated carbocycles. The van der Waals surface area contributed by atoms with Crippen LogP contribution >= 0.6 is 22.9 Å². The lowest BCUT2D eigenvalue weighted by molar-refractivity contribution is -0.136. The van der Waals surface area contributed by atoms with Crippen LogP contribution in [0.15, 0.2) is 102 Å². The van der Waals surface area contributed by atoms with Gasteiger partial charge in [0.2, 0.25) is 5.91 Å². The highest BCUT2D eigenvalue weighted by atomic mass is 35.5. The predicted octanol–water partition coefficient (Wildman–Crippen LogP) is 5.68. The molecule has 4 aromatic rings. The van der Waals surface area contributed by atoms with Crippen LogP contribution in [0.4, 0.5) is 0 Å². The maximum Gasteiger partial charge on any atom is 0.255 e. The zero-order chi connectivity index (χ0) is 28.3. The summed E-state index contributed by atoms with van der Waals surface area (Å²) in [5.41, 5.74) is 1.76. The van der Waals surface area contributed by atoms with E-state index in [0.29, 0.717) is 42.3 Å². The van der Waals surface area contributed by atoms with Gasteiger partial charge in [-0.3, -0.25) is 14.4 Å². The van der Waals surface area contributed by atoms with Gasteiger partial charge in [0.15, 0.2) is 5.78 Å². The number of Topliss-reactive ketones (excluding diaryl/α,β-unsaturated/α-hetero) is 1. The highest BCUT2D eigenvalue weighted by Gasteiger charge is 2.58. The summed E-state index contributed by atoms with van der Waals surface area (Å²) < 4.78 is 0. The summed E-state index contributed by atoms with van der Waals surface area (Å²) in [6.45, 7) is 2.45. The zero-order valence-corrected chi connectivity index (χ0v) is 23.9. The van der Waals surface area contributed by atoms with Crippen LogP contribution in [0.25, 0.3) is 0 Å². The fourth-order valence-electron chi connectivity index (χ4n) is 6.21. The van der Waals surface area contributed by atoms with Crippen molar-refractivity contribution in [3.63, 3.8) is 0 Å². The molecule has 2 saturated heterocycles. The second kappa shape index (κ2) is 12.0.